The fourth-order valence-corrected chi connectivity index (χ4v) is 1.86. The van der Waals surface area contributed by atoms with Crippen molar-refractivity contribution in [3.8, 4) is 5.75 Å². The number of hydrogen-bond acceptors (Lipinski definition) is 2. The minimum absolute atomic E-state index is 0.136. The number of halogens is 1. The van der Waals surface area contributed by atoms with Crippen molar-refractivity contribution in [3.05, 3.63) is 29.3 Å². The van der Waals surface area contributed by atoms with Gasteiger partial charge in [0.15, 0.2) is 5.78 Å². The van der Waals surface area contributed by atoms with Crippen LogP contribution in [0.5, 0.6) is 5.75 Å². The van der Waals surface area contributed by atoms with Gasteiger partial charge >= 0.3 is 0 Å². The van der Waals surface area contributed by atoms with Gasteiger partial charge in [0.25, 0.3) is 0 Å². The number of hydrogen-bond donors (Lipinski definition) is 0. The van der Waals surface area contributed by atoms with Crippen molar-refractivity contribution in [1.29, 1.82) is 0 Å². The van der Waals surface area contributed by atoms with Gasteiger partial charge in [-0.1, -0.05) is 44.4 Å². The lowest BCUT2D eigenvalue weighted by molar-refractivity contribution is -0.122. The van der Waals surface area contributed by atoms with Gasteiger partial charge in [0.1, 0.15) is 12.4 Å². The lowest BCUT2D eigenvalue weighted by Gasteiger charge is -2.11. The van der Waals surface area contributed by atoms with E-state index in [-0.39, 0.29) is 12.4 Å². The van der Waals surface area contributed by atoms with E-state index in [0.717, 1.165) is 12.8 Å². The molecule has 1 rings (SSSR count). The van der Waals surface area contributed by atoms with E-state index in [0.29, 0.717) is 23.1 Å². The standard InChI is InChI=1S/C14H19ClO2/c1-3-11(4-2)8-13(16)10-17-14-7-5-6-12(15)9-14/h5-7,9,11H,3-4,8,10H2,1-2H3. The topological polar surface area (TPSA) is 26.3 Å². The predicted octanol–water partition coefficient (Wildman–Crippen LogP) is 4.11. The zero-order valence-electron chi connectivity index (χ0n) is 10.4. The molecule has 94 valence electrons. The molecule has 0 saturated carbocycles. The van der Waals surface area contributed by atoms with Crippen LogP contribution in [-0.2, 0) is 4.79 Å². The first-order valence-corrected chi connectivity index (χ1v) is 6.43. The highest BCUT2D eigenvalue weighted by atomic mass is 35.5. The van der Waals surface area contributed by atoms with Crippen LogP contribution in [-0.4, -0.2) is 12.4 Å². The second-order valence-electron chi connectivity index (χ2n) is 4.17. The number of rotatable bonds is 7. The molecule has 0 aromatic heterocycles. The molecule has 0 spiro atoms. The van der Waals surface area contributed by atoms with E-state index in [4.69, 9.17) is 16.3 Å². The summed E-state index contributed by atoms with van der Waals surface area (Å²) in [4.78, 5) is 11.7. The molecule has 0 atom stereocenters. The molecule has 0 aliphatic rings. The molecule has 2 nitrogen and oxygen atoms in total. The zero-order chi connectivity index (χ0) is 12.7. The Kier molecular flexibility index (Phi) is 6.06. The van der Waals surface area contributed by atoms with Crippen molar-refractivity contribution in [1.82, 2.24) is 0 Å². The van der Waals surface area contributed by atoms with Crippen molar-refractivity contribution in [3.63, 3.8) is 0 Å². The van der Waals surface area contributed by atoms with Crippen molar-refractivity contribution < 1.29 is 9.53 Å². The van der Waals surface area contributed by atoms with Crippen LogP contribution >= 0.6 is 11.6 Å². The molecule has 0 heterocycles. The maximum Gasteiger partial charge on any atom is 0.170 e. The maximum absolute atomic E-state index is 11.7. The summed E-state index contributed by atoms with van der Waals surface area (Å²) in [6.45, 7) is 4.36. The second-order valence-corrected chi connectivity index (χ2v) is 4.61. The van der Waals surface area contributed by atoms with Crippen molar-refractivity contribution in [2.24, 2.45) is 5.92 Å². The van der Waals surface area contributed by atoms with Gasteiger partial charge in [-0.05, 0) is 24.1 Å². The molecule has 0 N–H and O–H groups in total. The van der Waals surface area contributed by atoms with E-state index in [1.54, 1.807) is 18.2 Å². The third kappa shape index (κ3) is 5.22. The Hall–Kier alpha value is -1.02. The molecular formula is C14H19ClO2. The van der Waals surface area contributed by atoms with Crippen LogP contribution in [0.15, 0.2) is 24.3 Å². The van der Waals surface area contributed by atoms with Crippen LogP contribution in [0.2, 0.25) is 5.02 Å². The van der Waals surface area contributed by atoms with E-state index in [2.05, 4.69) is 13.8 Å². The van der Waals surface area contributed by atoms with E-state index < -0.39 is 0 Å². The van der Waals surface area contributed by atoms with E-state index in [1.807, 2.05) is 6.07 Å². The van der Waals surface area contributed by atoms with Gasteiger partial charge < -0.3 is 4.74 Å². The normalized spacial score (nSPS) is 10.6. The highest BCUT2D eigenvalue weighted by molar-refractivity contribution is 6.30. The smallest absolute Gasteiger partial charge is 0.170 e. The van der Waals surface area contributed by atoms with E-state index >= 15 is 0 Å². The largest absolute Gasteiger partial charge is 0.486 e. The number of ketones is 1. The summed E-state index contributed by atoms with van der Waals surface area (Å²) in [6, 6.07) is 7.10. The molecule has 0 amide bonds. The summed E-state index contributed by atoms with van der Waals surface area (Å²) in [5.41, 5.74) is 0. The summed E-state index contributed by atoms with van der Waals surface area (Å²) in [5, 5.41) is 0.620. The Labute approximate surface area is 108 Å². The molecule has 0 fully saturated rings. The molecule has 0 radical (unpaired) electrons. The van der Waals surface area contributed by atoms with Crippen molar-refractivity contribution in [2.75, 3.05) is 6.61 Å². The minimum atomic E-state index is 0.136. The van der Waals surface area contributed by atoms with Gasteiger partial charge in [-0.2, -0.15) is 0 Å². The summed E-state index contributed by atoms with van der Waals surface area (Å²) in [5.74, 6) is 1.28. The van der Waals surface area contributed by atoms with Gasteiger partial charge in [0.2, 0.25) is 0 Å². The number of benzene rings is 1. The van der Waals surface area contributed by atoms with Gasteiger partial charge in [-0.25, -0.2) is 0 Å². The van der Waals surface area contributed by atoms with Crippen LogP contribution in [0.25, 0.3) is 0 Å². The fraction of sp³-hybridized carbons (Fsp3) is 0.500. The average Bonchev–Trinajstić information content (AvgIpc) is 2.33. The predicted molar refractivity (Wildman–Crippen MR) is 70.6 cm³/mol. The third-order valence-corrected chi connectivity index (χ3v) is 3.10. The summed E-state index contributed by atoms with van der Waals surface area (Å²) >= 11 is 5.82. The maximum atomic E-state index is 11.7. The summed E-state index contributed by atoms with van der Waals surface area (Å²) < 4.78 is 5.40. The van der Waals surface area contributed by atoms with Crippen molar-refractivity contribution in [2.45, 2.75) is 33.1 Å². The zero-order valence-corrected chi connectivity index (χ0v) is 11.2. The summed E-state index contributed by atoms with van der Waals surface area (Å²) in [7, 11) is 0. The number of ether oxygens (including phenoxy) is 1. The number of carbonyl (C=O) groups excluding carboxylic acids is 1. The SMILES string of the molecule is CCC(CC)CC(=O)COc1cccc(Cl)c1. The first kappa shape index (κ1) is 14.0. The number of carbonyl (C=O) groups is 1. The molecule has 1 aromatic carbocycles. The first-order valence-electron chi connectivity index (χ1n) is 6.05. The lowest BCUT2D eigenvalue weighted by Crippen LogP contribution is -2.15. The van der Waals surface area contributed by atoms with Gasteiger partial charge in [0, 0.05) is 11.4 Å². The first-order chi connectivity index (χ1) is 8.15. The monoisotopic (exact) mass is 254 g/mol. The van der Waals surface area contributed by atoms with Crippen LogP contribution in [0.4, 0.5) is 0 Å². The third-order valence-electron chi connectivity index (χ3n) is 2.87. The molecular weight excluding hydrogens is 236 g/mol. The average molecular weight is 255 g/mol. The van der Waals surface area contributed by atoms with Crippen LogP contribution in [0, 0.1) is 5.92 Å². The molecule has 0 unspecified atom stereocenters. The fourth-order valence-electron chi connectivity index (χ4n) is 1.68. The minimum Gasteiger partial charge on any atom is -0.486 e. The highest BCUT2D eigenvalue weighted by Gasteiger charge is 2.10. The Balaban J connectivity index is 2.38. The van der Waals surface area contributed by atoms with Crippen molar-refractivity contribution >= 4 is 17.4 Å². The second kappa shape index (κ2) is 7.33. The summed E-state index contributed by atoms with van der Waals surface area (Å²) in [6.07, 6.45) is 2.69. The lowest BCUT2D eigenvalue weighted by atomic mass is 9.97. The van der Waals surface area contributed by atoms with E-state index in [1.165, 1.54) is 0 Å². The molecule has 1 aromatic rings. The highest BCUT2D eigenvalue weighted by Crippen LogP contribution is 2.18. The molecule has 17 heavy (non-hydrogen) atoms. The molecule has 0 aliphatic carbocycles. The Morgan fingerprint density at radius 3 is 2.65 bits per heavy atom. The van der Waals surface area contributed by atoms with Gasteiger partial charge in [-0.15, -0.1) is 0 Å². The Morgan fingerprint density at radius 1 is 1.35 bits per heavy atom. The quantitative estimate of drug-likeness (QED) is 0.732. The molecule has 0 bridgehead atoms. The Bertz CT molecular complexity index is 359. The number of Topliss-reactive ketones (excluding diaryl/α,β-unsaturated/α-hetero) is 1. The van der Waals surface area contributed by atoms with Crippen LogP contribution in [0.1, 0.15) is 33.1 Å². The molecule has 0 saturated heterocycles. The van der Waals surface area contributed by atoms with Gasteiger partial charge in [0.05, 0.1) is 0 Å². The molecule has 3 heteroatoms. The van der Waals surface area contributed by atoms with E-state index in [9.17, 15) is 4.79 Å². The van der Waals surface area contributed by atoms with Gasteiger partial charge in [-0.3, -0.25) is 4.79 Å². The van der Waals surface area contributed by atoms with Crippen LogP contribution < -0.4 is 4.74 Å². The molecule has 0 aliphatic heterocycles. The Morgan fingerprint density at radius 2 is 2.06 bits per heavy atom. The van der Waals surface area contributed by atoms with Crippen LogP contribution in [0.3, 0.4) is 0 Å².